The van der Waals surface area contributed by atoms with Crippen molar-refractivity contribution in [1.29, 1.82) is 0 Å². The van der Waals surface area contributed by atoms with Gasteiger partial charge in [0.2, 0.25) is 5.88 Å². The largest absolute Gasteiger partial charge is 0.493 e. The van der Waals surface area contributed by atoms with Gasteiger partial charge in [0.25, 0.3) is 5.78 Å². The molecule has 0 aliphatic carbocycles. The molecule has 0 spiro atoms. The Morgan fingerprint density at radius 1 is 1.45 bits per heavy atom. The highest BCUT2D eigenvalue weighted by molar-refractivity contribution is 5.72. The van der Waals surface area contributed by atoms with Crippen LogP contribution in [-0.2, 0) is 16.0 Å². The van der Waals surface area contributed by atoms with Crippen LogP contribution in [0.4, 0.5) is 0 Å². The Hall–Kier alpha value is -2.26. The van der Waals surface area contributed by atoms with Crippen molar-refractivity contribution >= 4 is 11.7 Å². The molecule has 0 saturated carbocycles. The van der Waals surface area contributed by atoms with Crippen LogP contribution in [0.15, 0.2) is 12.4 Å². The number of aromatic hydroxyl groups is 1. The van der Waals surface area contributed by atoms with Crippen molar-refractivity contribution in [2.24, 2.45) is 0 Å². The summed E-state index contributed by atoms with van der Waals surface area (Å²) in [6, 6.07) is 1.38. The molecular formula is C13H18N6O3. The number of carbonyl (C=O) groups excluding carboxylic acids is 1. The standard InChI is InChI=1S/C13H18N6O3/c1-17(18-4-2-3-5-18)9-22-12(21)7-10-6-11(20)19-13(16-10)14-8-15-19/h6,8,20H,2-5,7,9H2,1H3. The Morgan fingerprint density at radius 2 is 2.23 bits per heavy atom. The van der Waals surface area contributed by atoms with Crippen LogP contribution in [0.1, 0.15) is 18.5 Å². The summed E-state index contributed by atoms with van der Waals surface area (Å²) in [6.45, 7) is 2.19. The lowest BCUT2D eigenvalue weighted by Gasteiger charge is -2.26. The van der Waals surface area contributed by atoms with Gasteiger partial charge in [-0.25, -0.2) is 15.0 Å². The van der Waals surface area contributed by atoms with E-state index in [9.17, 15) is 9.90 Å². The van der Waals surface area contributed by atoms with Gasteiger partial charge in [-0.1, -0.05) is 0 Å². The number of hydrazine groups is 1. The maximum atomic E-state index is 11.9. The fourth-order valence-electron chi connectivity index (χ4n) is 2.42. The van der Waals surface area contributed by atoms with Gasteiger partial charge >= 0.3 is 5.97 Å². The number of aromatic nitrogens is 4. The molecule has 1 aliphatic rings. The van der Waals surface area contributed by atoms with Gasteiger partial charge in [-0.2, -0.15) is 14.6 Å². The van der Waals surface area contributed by atoms with E-state index in [2.05, 4.69) is 20.1 Å². The van der Waals surface area contributed by atoms with Gasteiger partial charge < -0.3 is 9.84 Å². The molecule has 0 aromatic carbocycles. The first-order valence-electron chi connectivity index (χ1n) is 7.14. The van der Waals surface area contributed by atoms with E-state index in [1.165, 1.54) is 29.8 Å². The average Bonchev–Trinajstić information content (AvgIpc) is 3.15. The lowest BCUT2D eigenvalue weighted by atomic mass is 10.3. The Kier molecular flexibility index (Phi) is 4.16. The van der Waals surface area contributed by atoms with E-state index in [1.54, 1.807) is 0 Å². The zero-order valence-corrected chi connectivity index (χ0v) is 12.3. The second-order valence-corrected chi connectivity index (χ2v) is 5.22. The van der Waals surface area contributed by atoms with Crippen molar-refractivity contribution in [1.82, 2.24) is 29.6 Å². The molecule has 118 valence electrons. The van der Waals surface area contributed by atoms with E-state index in [4.69, 9.17) is 4.74 Å². The molecule has 0 atom stereocenters. The minimum absolute atomic E-state index is 0.0231. The first-order valence-corrected chi connectivity index (χ1v) is 7.14. The molecule has 0 bridgehead atoms. The van der Waals surface area contributed by atoms with Crippen LogP contribution in [0, 0.1) is 0 Å². The van der Waals surface area contributed by atoms with E-state index in [0.717, 1.165) is 13.1 Å². The summed E-state index contributed by atoms with van der Waals surface area (Å²) in [6.07, 6.45) is 3.60. The minimum Gasteiger partial charge on any atom is -0.493 e. The molecule has 2 aromatic rings. The van der Waals surface area contributed by atoms with Gasteiger partial charge in [-0.05, 0) is 12.8 Å². The predicted molar refractivity (Wildman–Crippen MR) is 75.7 cm³/mol. The number of carbonyl (C=O) groups is 1. The van der Waals surface area contributed by atoms with Crippen LogP contribution in [0.2, 0.25) is 0 Å². The topological polar surface area (TPSA) is 96.1 Å². The summed E-state index contributed by atoms with van der Waals surface area (Å²) in [5.74, 6) is -0.265. The molecule has 0 amide bonds. The highest BCUT2D eigenvalue weighted by Crippen LogP contribution is 2.12. The quantitative estimate of drug-likeness (QED) is 0.600. The van der Waals surface area contributed by atoms with Gasteiger partial charge in [0.1, 0.15) is 6.33 Å². The predicted octanol–water partition coefficient (Wildman–Crippen LogP) is -0.184. The van der Waals surface area contributed by atoms with Gasteiger partial charge in [0, 0.05) is 26.2 Å². The van der Waals surface area contributed by atoms with Crippen molar-refractivity contribution < 1.29 is 14.6 Å². The normalized spacial score (nSPS) is 15.7. The van der Waals surface area contributed by atoms with Crippen molar-refractivity contribution in [3.63, 3.8) is 0 Å². The molecule has 0 unspecified atom stereocenters. The zero-order valence-electron chi connectivity index (χ0n) is 12.3. The second kappa shape index (κ2) is 6.24. The molecule has 1 fully saturated rings. The lowest BCUT2D eigenvalue weighted by Crippen LogP contribution is -2.39. The fraction of sp³-hybridized carbons (Fsp3) is 0.538. The monoisotopic (exact) mass is 306 g/mol. The minimum atomic E-state index is -0.401. The molecule has 22 heavy (non-hydrogen) atoms. The SMILES string of the molecule is CN(COC(=O)Cc1cc(O)n2ncnc2n1)N1CCCC1. The molecule has 1 N–H and O–H groups in total. The molecule has 3 heterocycles. The van der Waals surface area contributed by atoms with Gasteiger partial charge in [0.15, 0.2) is 6.73 Å². The van der Waals surface area contributed by atoms with Crippen LogP contribution < -0.4 is 0 Å². The van der Waals surface area contributed by atoms with Crippen LogP contribution >= 0.6 is 0 Å². The van der Waals surface area contributed by atoms with Crippen LogP contribution in [0.5, 0.6) is 5.88 Å². The van der Waals surface area contributed by atoms with E-state index in [0.29, 0.717) is 5.69 Å². The smallest absolute Gasteiger partial charge is 0.313 e. The van der Waals surface area contributed by atoms with Crippen LogP contribution in [-0.4, -0.2) is 67.5 Å². The first-order chi connectivity index (χ1) is 10.6. The number of ether oxygens (including phenoxy) is 1. The number of hydrogen-bond donors (Lipinski definition) is 1. The summed E-state index contributed by atoms with van der Waals surface area (Å²) in [4.78, 5) is 19.9. The third-order valence-corrected chi connectivity index (χ3v) is 3.59. The molecule has 1 saturated heterocycles. The summed E-state index contributed by atoms with van der Waals surface area (Å²) in [7, 11) is 1.89. The van der Waals surface area contributed by atoms with E-state index in [-0.39, 0.29) is 24.8 Å². The van der Waals surface area contributed by atoms with Crippen LogP contribution in [0.3, 0.4) is 0 Å². The second-order valence-electron chi connectivity index (χ2n) is 5.22. The zero-order chi connectivity index (χ0) is 15.5. The molecule has 0 radical (unpaired) electrons. The summed E-state index contributed by atoms with van der Waals surface area (Å²) >= 11 is 0. The Bertz CT molecular complexity index is 667. The maximum absolute atomic E-state index is 11.9. The van der Waals surface area contributed by atoms with E-state index < -0.39 is 5.97 Å². The van der Waals surface area contributed by atoms with Gasteiger partial charge in [0.05, 0.1) is 12.1 Å². The molecule has 1 aliphatic heterocycles. The number of fused-ring (bicyclic) bond motifs is 1. The highest BCUT2D eigenvalue weighted by atomic mass is 16.5. The maximum Gasteiger partial charge on any atom is 0.313 e. The highest BCUT2D eigenvalue weighted by Gasteiger charge is 2.17. The Balaban J connectivity index is 1.56. The lowest BCUT2D eigenvalue weighted by molar-refractivity contribution is -0.155. The number of hydrogen-bond acceptors (Lipinski definition) is 8. The van der Waals surface area contributed by atoms with Crippen molar-refractivity contribution in [3.05, 3.63) is 18.1 Å². The van der Waals surface area contributed by atoms with Crippen LogP contribution in [0.25, 0.3) is 5.78 Å². The summed E-state index contributed by atoms with van der Waals surface area (Å²) < 4.78 is 6.42. The Morgan fingerprint density at radius 3 is 3.00 bits per heavy atom. The van der Waals surface area contributed by atoms with E-state index >= 15 is 0 Å². The molecule has 9 heteroatoms. The van der Waals surface area contributed by atoms with Gasteiger partial charge in [-0.15, -0.1) is 0 Å². The van der Waals surface area contributed by atoms with E-state index in [1.807, 2.05) is 12.1 Å². The molecule has 3 rings (SSSR count). The molecule has 9 nitrogen and oxygen atoms in total. The number of nitrogens with zero attached hydrogens (tertiary/aromatic N) is 6. The fourth-order valence-corrected chi connectivity index (χ4v) is 2.42. The average molecular weight is 306 g/mol. The Labute approximate surface area is 127 Å². The van der Waals surface area contributed by atoms with Gasteiger partial charge in [-0.3, -0.25) is 4.79 Å². The number of esters is 1. The van der Waals surface area contributed by atoms with Crippen molar-refractivity contribution in [2.75, 3.05) is 26.9 Å². The summed E-state index contributed by atoms with van der Waals surface area (Å²) in [5.41, 5.74) is 0.395. The van der Waals surface area contributed by atoms with Crippen molar-refractivity contribution in [3.8, 4) is 5.88 Å². The molecule has 2 aromatic heterocycles. The summed E-state index contributed by atoms with van der Waals surface area (Å²) in [5, 5.41) is 17.6. The third kappa shape index (κ3) is 3.15. The third-order valence-electron chi connectivity index (χ3n) is 3.59. The van der Waals surface area contributed by atoms with Crippen molar-refractivity contribution in [2.45, 2.75) is 19.3 Å². The first kappa shape index (κ1) is 14.7. The number of rotatable bonds is 5. The molecular weight excluding hydrogens is 288 g/mol.